The molecular formula is C25H22F5N5O2. The third kappa shape index (κ3) is 6.51. The monoisotopic (exact) mass is 519 g/mol. The minimum absolute atomic E-state index is 0.0129. The van der Waals surface area contributed by atoms with E-state index in [9.17, 15) is 31.5 Å². The Hall–Kier alpha value is -4.22. The maximum absolute atomic E-state index is 14.0. The molecule has 1 fully saturated rings. The van der Waals surface area contributed by atoms with E-state index in [4.69, 9.17) is 0 Å². The van der Waals surface area contributed by atoms with Crippen LogP contribution in [-0.4, -0.2) is 48.0 Å². The van der Waals surface area contributed by atoms with E-state index in [-0.39, 0.29) is 11.3 Å². The number of alkyl halides is 3. The van der Waals surface area contributed by atoms with Crippen molar-refractivity contribution in [2.75, 3.05) is 41.7 Å². The van der Waals surface area contributed by atoms with Crippen LogP contribution < -0.4 is 15.5 Å². The molecule has 0 radical (unpaired) electrons. The van der Waals surface area contributed by atoms with Crippen LogP contribution in [-0.2, 0) is 6.18 Å². The zero-order chi connectivity index (χ0) is 26.6. The molecule has 1 saturated heterocycles. The van der Waals surface area contributed by atoms with Crippen LogP contribution in [0.5, 0.6) is 0 Å². The quantitative estimate of drug-likeness (QED) is 0.454. The molecule has 2 heterocycles. The number of pyridine rings is 1. The lowest BCUT2D eigenvalue weighted by Gasteiger charge is -2.23. The minimum atomic E-state index is -4.53. The maximum Gasteiger partial charge on any atom is 0.416 e. The van der Waals surface area contributed by atoms with E-state index in [1.807, 2.05) is 4.90 Å². The van der Waals surface area contributed by atoms with Crippen molar-refractivity contribution in [2.24, 2.45) is 0 Å². The van der Waals surface area contributed by atoms with Gasteiger partial charge in [-0.1, -0.05) is 6.07 Å². The van der Waals surface area contributed by atoms with Gasteiger partial charge in [-0.2, -0.15) is 13.2 Å². The first-order chi connectivity index (χ1) is 17.6. The summed E-state index contributed by atoms with van der Waals surface area (Å²) >= 11 is 0. The van der Waals surface area contributed by atoms with E-state index in [1.54, 1.807) is 12.1 Å². The summed E-state index contributed by atoms with van der Waals surface area (Å²) in [6, 6.07) is 9.65. The number of hydrogen-bond acceptors (Lipinski definition) is 4. The summed E-state index contributed by atoms with van der Waals surface area (Å²) in [5, 5.41) is 4.86. The van der Waals surface area contributed by atoms with Crippen LogP contribution in [0.4, 0.5) is 43.9 Å². The maximum atomic E-state index is 14.0. The Bertz CT molecular complexity index is 1280. The first-order valence-electron chi connectivity index (χ1n) is 11.3. The molecule has 0 aliphatic carbocycles. The molecule has 1 aliphatic rings. The first kappa shape index (κ1) is 25.9. The molecule has 0 unspecified atom stereocenters. The van der Waals surface area contributed by atoms with E-state index < -0.39 is 35.3 Å². The summed E-state index contributed by atoms with van der Waals surface area (Å²) < 4.78 is 65.7. The van der Waals surface area contributed by atoms with Gasteiger partial charge in [0.2, 0.25) is 0 Å². The summed E-state index contributed by atoms with van der Waals surface area (Å²) in [5.41, 5.74) is -0.753. The molecule has 194 valence electrons. The molecule has 12 heteroatoms. The number of nitrogens with zero attached hydrogens (tertiary/aromatic N) is 3. The number of hydrogen-bond donors (Lipinski definition) is 2. The molecule has 2 aromatic carbocycles. The zero-order valence-electron chi connectivity index (χ0n) is 19.4. The number of anilines is 3. The van der Waals surface area contributed by atoms with Gasteiger partial charge in [0, 0.05) is 37.9 Å². The molecule has 0 bridgehead atoms. The van der Waals surface area contributed by atoms with E-state index in [1.165, 1.54) is 23.2 Å². The van der Waals surface area contributed by atoms with Gasteiger partial charge in [0.05, 0.1) is 23.0 Å². The number of carbonyl (C=O) groups excluding carboxylic acids is 2. The topological polar surface area (TPSA) is 77.6 Å². The minimum Gasteiger partial charge on any atom is -0.355 e. The van der Waals surface area contributed by atoms with Crippen LogP contribution in [0.2, 0.25) is 0 Å². The van der Waals surface area contributed by atoms with Gasteiger partial charge in [0.15, 0.2) is 0 Å². The van der Waals surface area contributed by atoms with Crippen molar-refractivity contribution in [3.63, 3.8) is 0 Å². The van der Waals surface area contributed by atoms with E-state index >= 15 is 0 Å². The number of carbonyl (C=O) groups is 2. The van der Waals surface area contributed by atoms with Crippen molar-refractivity contribution < 1.29 is 31.5 Å². The fraction of sp³-hybridized carbons (Fsp3) is 0.240. The lowest BCUT2D eigenvalue weighted by molar-refractivity contribution is -0.137. The van der Waals surface area contributed by atoms with Crippen molar-refractivity contribution in [2.45, 2.75) is 12.6 Å². The zero-order valence-corrected chi connectivity index (χ0v) is 19.4. The number of aromatic nitrogens is 1. The van der Waals surface area contributed by atoms with Crippen LogP contribution >= 0.6 is 0 Å². The predicted molar refractivity (Wildman–Crippen MR) is 127 cm³/mol. The van der Waals surface area contributed by atoms with Crippen molar-refractivity contribution in [1.82, 2.24) is 9.88 Å². The predicted octanol–water partition coefficient (Wildman–Crippen LogP) is 5.38. The highest BCUT2D eigenvalue weighted by atomic mass is 19.4. The molecule has 0 saturated carbocycles. The first-order valence-corrected chi connectivity index (χ1v) is 11.3. The summed E-state index contributed by atoms with van der Waals surface area (Å²) in [4.78, 5) is 32.7. The summed E-state index contributed by atoms with van der Waals surface area (Å²) in [7, 11) is 0. The van der Waals surface area contributed by atoms with Gasteiger partial charge in [0.1, 0.15) is 17.5 Å². The second-order valence-corrected chi connectivity index (χ2v) is 8.32. The highest BCUT2D eigenvalue weighted by Crippen LogP contribution is 2.30. The highest BCUT2D eigenvalue weighted by molar-refractivity contribution is 5.99. The Balaban J connectivity index is 1.33. The van der Waals surface area contributed by atoms with E-state index in [0.29, 0.717) is 50.2 Å². The number of benzene rings is 2. The van der Waals surface area contributed by atoms with Crippen LogP contribution in [0, 0.1) is 11.6 Å². The molecule has 1 aromatic heterocycles. The molecule has 4 rings (SSSR count). The number of nitrogens with one attached hydrogen (secondary N) is 2. The van der Waals surface area contributed by atoms with Gasteiger partial charge in [0.25, 0.3) is 5.91 Å². The third-order valence-corrected chi connectivity index (χ3v) is 5.72. The highest BCUT2D eigenvalue weighted by Gasteiger charge is 2.30. The Morgan fingerprint density at radius 1 is 0.865 bits per heavy atom. The molecule has 3 aromatic rings. The van der Waals surface area contributed by atoms with Crippen molar-refractivity contribution in [3.05, 3.63) is 83.6 Å². The standard InChI is InChI=1S/C25H22F5N5O2/c26-17-5-7-20(21(27)14-17)23(36)35-10-2-9-34(11-12-35)22-8-6-19(15-31-22)33-24(37)32-18-4-1-3-16(13-18)25(28,29)30/h1,3-8,13-15H,2,9-12H2,(H2,32,33,37). The lowest BCUT2D eigenvalue weighted by Crippen LogP contribution is -2.35. The van der Waals surface area contributed by atoms with Crippen molar-refractivity contribution >= 4 is 29.1 Å². The smallest absolute Gasteiger partial charge is 0.355 e. The van der Waals surface area contributed by atoms with Crippen molar-refractivity contribution in [3.8, 4) is 0 Å². The molecular weight excluding hydrogens is 497 g/mol. The average molecular weight is 519 g/mol. The molecule has 2 N–H and O–H groups in total. The van der Waals surface area contributed by atoms with Crippen molar-refractivity contribution in [1.29, 1.82) is 0 Å². The van der Waals surface area contributed by atoms with Gasteiger partial charge >= 0.3 is 12.2 Å². The molecule has 7 nitrogen and oxygen atoms in total. The van der Waals surface area contributed by atoms with Gasteiger partial charge in [-0.25, -0.2) is 18.6 Å². The van der Waals surface area contributed by atoms with Crippen LogP contribution in [0.15, 0.2) is 60.8 Å². The largest absolute Gasteiger partial charge is 0.416 e. The SMILES string of the molecule is O=C(Nc1ccc(N2CCCN(C(=O)c3ccc(F)cc3F)CC2)nc1)Nc1cccc(C(F)(F)F)c1. The molecule has 3 amide bonds. The molecule has 0 spiro atoms. The summed E-state index contributed by atoms with van der Waals surface area (Å²) in [6.45, 7) is 1.69. The second kappa shape index (κ2) is 10.8. The normalized spacial score (nSPS) is 14.2. The molecule has 0 atom stereocenters. The number of urea groups is 1. The fourth-order valence-corrected chi connectivity index (χ4v) is 3.90. The average Bonchev–Trinajstić information content (AvgIpc) is 3.10. The van der Waals surface area contributed by atoms with Crippen LogP contribution in [0.3, 0.4) is 0 Å². The Kier molecular flexibility index (Phi) is 7.55. The van der Waals surface area contributed by atoms with E-state index in [2.05, 4.69) is 15.6 Å². The third-order valence-electron chi connectivity index (χ3n) is 5.72. The summed E-state index contributed by atoms with van der Waals surface area (Å²) in [5.74, 6) is -1.59. The Labute approximate surface area is 208 Å². The molecule has 37 heavy (non-hydrogen) atoms. The van der Waals surface area contributed by atoms with Gasteiger partial charge in [-0.05, 0) is 48.9 Å². The fourth-order valence-electron chi connectivity index (χ4n) is 3.90. The van der Waals surface area contributed by atoms with Gasteiger partial charge in [-0.15, -0.1) is 0 Å². The van der Waals surface area contributed by atoms with E-state index in [0.717, 1.165) is 24.3 Å². The number of halogens is 5. The van der Waals surface area contributed by atoms with Gasteiger partial charge < -0.3 is 20.4 Å². The van der Waals surface area contributed by atoms with Gasteiger partial charge in [-0.3, -0.25) is 4.79 Å². The number of amides is 3. The molecule has 1 aliphatic heterocycles. The Morgan fingerprint density at radius 3 is 2.35 bits per heavy atom. The second-order valence-electron chi connectivity index (χ2n) is 8.32. The van der Waals surface area contributed by atoms with Crippen LogP contribution in [0.25, 0.3) is 0 Å². The lowest BCUT2D eigenvalue weighted by atomic mass is 10.1. The van der Waals surface area contributed by atoms with Crippen LogP contribution in [0.1, 0.15) is 22.3 Å². The number of rotatable bonds is 4. The Morgan fingerprint density at radius 2 is 1.65 bits per heavy atom. The summed E-state index contributed by atoms with van der Waals surface area (Å²) in [6.07, 6.45) is -2.53.